The Morgan fingerprint density at radius 2 is 2.03 bits per heavy atom. The molecular weight excluding hydrogens is 380 g/mol. The topological polar surface area (TPSA) is 90.1 Å². The summed E-state index contributed by atoms with van der Waals surface area (Å²) >= 11 is 0. The second-order valence-corrected chi connectivity index (χ2v) is 8.08. The molecular formula is C23H28N4O3. The summed E-state index contributed by atoms with van der Waals surface area (Å²) in [6.07, 6.45) is 11.3. The van der Waals surface area contributed by atoms with E-state index in [4.69, 9.17) is 9.72 Å². The van der Waals surface area contributed by atoms with Crippen LogP contribution in [0.4, 0.5) is 0 Å². The van der Waals surface area contributed by atoms with Crippen molar-refractivity contribution in [3.05, 3.63) is 41.5 Å². The van der Waals surface area contributed by atoms with Gasteiger partial charge in [-0.15, -0.1) is 0 Å². The van der Waals surface area contributed by atoms with Crippen LogP contribution in [0.2, 0.25) is 0 Å². The highest BCUT2D eigenvalue weighted by atomic mass is 16.5. The van der Waals surface area contributed by atoms with Gasteiger partial charge in [0.05, 0.1) is 24.1 Å². The molecule has 3 aromatic rings. The number of aromatic nitrogens is 4. The first-order valence-corrected chi connectivity index (χ1v) is 10.7. The van der Waals surface area contributed by atoms with Crippen LogP contribution in [0.1, 0.15) is 60.6 Å². The predicted octanol–water partition coefficient (Wildman–Crippen LogP) is 4.62. The van der Waals surface area contributed by atoms with Crippen molar-refractivity contribution in [2.24, 2.45) is 5.92 Å². The van der Waals surface area contributed by atoms with Gasteiger partial charge in [-0.1, -0.05) is 19.3 Å². The lowest BCUT2D eigenvalue weighted by molar-refractivity contribution is 0.0644. The standard InChI is InChI=1S/C23H28N4O3/c1-3-27-22-18(12-25-27)20(17-9-15(2)10-24-11-17)21(23(28)29)19(26-22)14-30-13-16-7-5-4-6-8-16/h9-12,16H,3-8,13-14H2,1-2H3,(H,28,29). The fourth-order valence-corrected chi connectivity index (χ4v) is 4.37. The number of pyridine rings is 2. The minimum atomic E-state index is -1.01. The van der Waals surface area contributed by atoms with Crippen LogP contribution in [-0.2, 0) is 17.9 Å². The molecule has 1 aliphatic carbocycles. The lowest BCUT2D eigenvalue weighted by Gasteiger charge is -2.21. The predicted molar refractivity (Wildman–Crippen MR) is 114 cm³/mol. The minimum absolute atomic E-state index is 0.175. The maximum absolute atomic E-state index is 12.3. The first-order chi connectivity index (χ1) is 14.6. The Bertz CT molecular complexity index is 1050. The zero-order valence-corrected chi connectivity index (χ0v) is 17.6. The Morgan fingerprint density at radius 1 is 1.23 bits per heavy atom. The third kappa shape index (κ3) is 4.07. The number of hydrogen-bond acceptors (Lipinski definition) is 5. The number of carboxylic acid groups (broad SMARTS) is 1. The van der Waals surface area contributed by atoms with E-state index in [-0.39, 0.29) is 12.2 Å². The lowest BCUT2D eigenvalue weighted by Crippen LogP contribution is -2.15. The van der Waals surface area contributed by atoms with E-state index in [1.807, 2.05) is 19.9 Å². The first kappa shape index (κ1) is 20.5. The second kappa shape index (κ2) is 8.92. The van der Waals surface area contributed by atoms with E-state index in [2.05, 4.69) is 10.1 Å². The molecule has 0 spiro atoms. The number of hydrogen-bond donors (Lipinski definition) is 1. The minimum Gasteiger partial charge on any atom is -0.478 e. The summed E-state index contributed by atoms with van der Waals surface area (Å²) in [4.78, 5) is 21.3. The van der Waals surface area contributed by atoms with Gasteiger partial charge in [-0.3, -0.25) is 4.98 Å². The third-order valence-electron chi connectivity index (χ3n) is 5.85. The van der Waals surface area contributed by atoms with Crippen molar-refractivity contribution >= 4 is 17.0 Å². The Balaban J connectivity index is 1.78. The summed E-state index contributed by atoms with van der Waals surface area (Å²) in [5.41, 5.74) is 3.62. The van der Waals surface area contributed by atoms with Gasteiger partial charge in [0.25, 0.3) is 0 Å². The fourth-order valence-electron chi connectivity index (χ4n) is 4.37. The molecule has 1 saturated carbocycles. The normalized spacial score (nSPS) is 15.0. The SMILES string of the molecule is CCn1ncc2c(-c3cncc(C)c3)c(C(=O)O)c(COCC3CCCCC3)nc21. The van der Waals surface area contributed by atoms with Crippen molar-refractivity contribution < 1.29 is 14.6 Å². The summed E-state index contributed by atoms with van der Waals surface area (Å²) in [6.45, 7) is 5.41. The quantitative estimate of drug-likeness (QED) is 0.614. The van der Waals surface area contributed by atoms with Crippen molar-refractivity contribution in [1.29, 1.82) is 0 Å². The van der Waals surface area contributed by atoms with Gasteiger partial charge in [0.2, 0.25) is 0 Å². The smallest absolute Gasteiger partial charge is 0.338 e. The molecule has 1 N–H and O–H groups in total. The van der Waals surface area contributed by atoms with Crippen LogP contribution in [-0.4, -0.2) is 37.4 Å². The van der Waals surface area contributed by atoms with E-state index in [1.54, 1.807) is 23.3 Å². The van der Waals surface area contributed by atoms with E-state index in [0.717, 1.165) is 16.5 Å². The second-order valence-electron chi connectivity index (χ2n) is 8.08. The molecule has 3 aromatic heterocycles. The number of carbonyl (C=O) groups is 1. The highest BCUT2D eigenvalue weighted by Gasteiger charge is 2.25. The van der Waals surface area contributed by atoms with Crippen molar-refractivity contribution in [2.45, 2.75) is 59.1 Å². The largest absolute Gasteiger partial charge is 0.478 e. The molecule has 7 nitrogen and oxygen atoms in total. The van der Waals surface area contributed by atoms with Gasteiger partial charge in [-0.05, 0) is 44.2 Å². The van der Waals surface area contributed by atoms with Crippen LogP contribution in [0.5, 0.6) is 0 Å². The Labute approximate surface area is 176 Å². The molecule has 1 aliphatic rings. The Hall–Kier alpha value is -2.80. The van der Waals surface area contributed by atoms with E-state index in [1.165, 1.54) is 32.1 Å². The summed E-state index contributed by atoms with van der Waals surface area (Å²) < 4.78 is 7.78. The molecule has 0 radical (unpaired) electrons. The van der Waals surface area contributed by atoms with Crippen LogP contribution < -0.4 is 0 Å². The summed E-state index contributed by atoms with van der Waals surface area (Å²) in [5, 5.41) is 15.2. The average molecular weight is 409 g/mol. The van der Waals surface area contributed by atoms with Gasteiger partial charge >= 0.3 is 5.97 Å². The molecule has 0 atom stereocenters. The number of rotatable bonds is 7. The van der Waals surface area contributed by atoms with Crippen LogP contribution in [0, 0.1) is 12.8 Å². The fraction of sp³-hybridized carbons (Fsp3) is 0.478. The lowest BCUT2D eigenvalue weighted by atomic mass is 9.90. The van der Waals surface area contributed by atoms with Crippen LogP contribution in [0.25, 0.3) is 22.2 Å². The average Bonchev–Trinajstić information content (AvgIpc) is 3.16. The molecule has 0 amide bonds. The molecule has 30 heavy (non-hydrogen) atoms. The van der Waals surface area contributed by atoms with Crippen molar-refractivity contribution in [1.82, 2.24) is 19.7 Å². The number of fused-ring (bicyclic) bond motifs is 1. The van der Waals surface area contributed by atoms with E-state index in [0.29, 0.717) is 36.0 Å². The number of aryl methyl sites for hydroxylation is 2. The highest BCUT2D eigenvalue weighted by molar-refractivity contribution is 6.06. The van der Waals surface area contributed by atoms with E-state index >= 15 is 0 Å². The van der Waals surface area contributed by atoms with Crippen LogP contribution in [0.3, 0.4) is 0 Å². The van der Waals surface area contributed by atoms with Gasteiger partial charge in [0, 0.05) is 42.1 Å². The summed E-state index contributed by atoms with van der Waals surface area (Å²) in [6, 6.07) is 1.95. The maximum Gasteiger partial charge on any atom is 0.338 e. The molecule has 1 fully saturated rings. The molecule has 7 heteroatoms. The van der Waals surface area contributed by atoms with Gasteiger partial charge in [0.15, 0.2) is 5.65 Å². The van der Waals surface area contributed by atoms with E-state index in [9.17, 15) is 9.90 Å². The zero-order valence-electron chi connectivity index (χ0n) is 17.6. The number of nitrogens with zero attached hydrogens (tertiary/aromatic N) is 4. The van der Waals surface area contributed by atoms with Crippen molar-refractivity contribution in [3.63, 3.8) is 0 Å². The number of aromatic carboxylic acids is 1. The number of ether oxygens (including phenoxy) is 1. The van der Waals surface area contributed by atoms with Crippen LogP contribution >= 0.6 is 0 Å². The van der Waals surface area contributed by atoms with Gasteiger partial charge in [0.1, 0.15) is 0 Å². The van der Waals surface area contributed by atoms with Gasteiger partial charge in [-0.25, -0.2) is 14.5 Å². The summed E-state index contributed by atoms with van der Waals surface area (Å²) in [5.74, 6) is -0.459. The third-order valence-corrected chi connectivity index (χ3v) is 5.85. The van der Waals surface area contributed by atoms with Gasteiger partial charge in [-0.2, -0.15) is 5.10 Å². The maximum atomic E-state index is 12.3. The zero-order chi connectivity index (χ0) is 21.1. The molecule has 3 heterocycles. The Kier molecular flexibility index (Phi) is 6.08. The molecule has 0 unspecified atom stereocenters. The molecule has 0 bridgehead atoms. The monoisotopic (exact) mass is 408 g/mol. The first-order valence-electron chi connectivity index (χ1n) is 10.7. The van der Waals surface area contributed by atoms with Crippen LogP contribution in [0.15, 0.2) is 24.7 Å². The van der Waals surface area contributed by atoms with Crippen molar-refractivity contribution in [3.8, 4) is 11.1 Å². The molecule has 158 valence electrons. The Morgan fingerprint density at radius 3 is 2.73 bits per heavy atom. The molecule has 0 aliphatic heterocycles. The van der Waals surface area contributed by atoms with Crippen molar-refractivity contribution in [2.75, 3.05) is 6.61 Å². The highest BCUT2D eigenvalue weighted by Crippen LogP contribution is 2.34. The molecule has 0 saturated heterocycles. The summed E-state index contributed by atoms with van der Waals surface area (Å²) in [7, 11) is 0. The number of carboxylic acids is 1. The molecule has 4 rings (SSSR count). The van der Waals surface area contributed by atoms with E-state index < -0.39 is 5.97 Å². The van der Waals surface area contributed by atoms with Gasteiger partial charge < -0.3 is 9.84 Å². The molecule has 0 aromatic carbocycles.